The van der Waals surface area contributed by atoms with E-state index >= 15 is 0 Å². The van der Waals surface area contributed by atoms with E-state index in [1.807, 2.05) is 16.8 Å². The summed E-state index contributed by atoms with van der Waals surface area (Å²) in [6, 6.07) is 1.92. The highest BCUT2D eigenvalue weighted by atomic mass is 79.9. The molecule has 3 rings (SSSR count). The molecule has 3 heterocycles. The van der Waals surface area contributed by atoms with E-state index in [0.717, 1.165) is 15.0 Å². The lowest BCUT2D eigenvalue weighted by atomic mass is 10.1. The van der Waals surface area contributed by atoms with Gasteiger partial charge in [0.2, 0.25) is 5.91 Å². The van der Waals surface area contributed by atoms with Crippen molar-refractivity contribution >= 4 is 59.9 Å². The maximum absolute atomic E-state index is 12.8. The molecule has 1 aliphatic rings. The first-order valence-corrected chi connectivity index (χ1v) is 10.4. The van der Waals surface area contributed by atoms with Gasteiger partial charge < -0.3 is 0 Å². The van der Waals surface area contributed by atoms with Crippen molar-refractivity contribution in [2.24, 2.45) is 5.92 Å². The number of hydrogen-bond donors (Lipinski definition) is 0. The smallest absolute Gasteiger partial charge is 0.288 e. The molecule has 1 amide bonds. The van der Waals surface area contributed by atoms with E-state index in [9.17, 15) is 17.1 Å². The van der Waals surface area contributed by atoms with Gasteiger partial charge in [-0.3, -0.25) is 9.69 Å². The third-order valence-electron chi connectivity index (χ3n) is 3.21. The number of aromatic nitrogens is 1. The van der Waals surface area contributed by atoms with Crippen LogP contribution < -0.4 is 4.90 Å². The lowest BCUT2D eigenvalue weighted by molar-refractivity contribution is -0.117. The summed E-state index contributed by atoms with van der Waals surface area (Å²) >= 11 is 6.28. The molecular weight excluding hydrogens is 415 g/mol. The molecule has 1 unspecified atom stereocenters. The highest BCUT2D eigenvalue weighted by Crippen LogP contribution is 2.37. The van der Waals surface area contributed by atoms with Crippen LogP contribution in [-0.4, -0.2) is 31.6 Å². The van der Waals surface area contributed by atoms with Gasteiger partial charge in [0.15, 0.2) is 5.13 Å². The number of anilines is 1. The van der Waals surface area contributed by atoms with Crippen molar-refractivity contribution < 1.29 is 17.1 Å². The third kappa shape index (κ3) is 3.39. The van der Waals surface area contributed by atoms with Gasteiger partial charge in [0.25, 0.3) is 0 Å². The van der Waals surface area contributed by atoms with Crippen molar-refractivity contribution in [2.75, 3.05) is 17.2 Å². The Balaban J connectivity index is 1.79. The Kier molecular flexibility index (Phi) is 4.36. The van der Waals surface area contributed by atoms with Crippen molar-refractivity contribution in [3.63, 3.8) is 0 Å². The maximum Gasteiger partial charge on any atom is 0.302 e. The zero-order valence-corrected chi connectivity index (χ0v) is 15.1. The molecule has 0 aliphatic carbocycles. The molecule has 22 heavy (non-hydrogen) atoms. The van der Waals surface area contributed by atoms with Gasteiger partial charge in [0, 0.05) is 28.7 Å². The number of amides is 1. The van der Waals surface area contributed by atoms with Gasteiger partial charge >= 0.3 is 10.2 Å². The normalized spacial score (nSPS) is 19.1. The first-order valence-electron chi connectivity index (χ1n) is 6.25. The van der Waals surface area contributed by atoms with E-state index in [4.69, 9.17) is 0 Å². The molecule has 0 saturated carbocycles. The molecule has 0 radical (unpaired) electrons. The number of thiazole rings is 1. The van der Waals surface area contributed by atoms with E-state index in [2.05, 4.69) is 20.9 Å². The fourth-order valence-corrected chi connectivity index (χ4v) is 5.57. The highest BCUT2D eigenvalue weighted by molar-refractivity contribution is 9.10. The lowest BCUT2D eigenvalue weighted by Crippen LogP contribution is -2.25. The van der Waals surface area contributed by atoms with Gasteiger partial charge in [0.1, 0.15) is 0 Å². The monoisotopic (exact) mass is 424 g/mol. The zero-order valence-electron chi connectivity index (χ0n) is 11.0. The number of carbonyl (C=O) groups excluding carboxylic acids is 1. The lowest BCUT2D eigenvalue weighted by Gasteiger charge is -2.12. The predicted octanol–water partition coefficient (Wildman–Crippen LogP) is 3.29. The van der Waals surface area contributed by atoms with Gasteiger partial charge in [-0.05, 0) is 27.4 Å². The van der Waals surface area contributed by atoms with Crippen LogP contribution in [0.3, 0.4) is 0 Å². The number of hydrogen-bond acceptors (Lipinski definition) is 6. The van der Waals surface area contributed by atoms with Crippen LogP contribution in [0.2, 0.25) is 0 Å². The van der Waals surface area contributed by atoms with E-state index < -0.39 is 21.9 Å². The molecular formula is C12H10BrFN2O3S3. The Labute approximate surface area is 143 Å². The predicted molar refractivity (Wildman–Crippen MR) is 88.5 cm³/mol. The molecule has 5 nitrogen and oxygen atoms in total. The first kappa shape index (κ1) is 16.0. The van der Waals surface area contributed by atoms with Crippen molar-refractivity contribution in [3.8, 4) is 10.6 Å². The average molecular weight is 425 g/mol. The zero-order chi connectivity index (χ0) is 15.9. The van der Waals surface area contributed by atoms with Crippen LogP contribution in [0.5, 0.6) is 0 Å². The molecule has 2 aromatic rings. The van der Waals surface area contributed by atoms with Crippen molar-refractivity contribution in [3.05, 3.63) is 21.3 Å². The van der Waals surface area contributed by atoms with Crippen LogP contribution in [-0.2, 0) is 15.0 Å². The Morgan fingerprint density at radius 2 is 2.23 bits per heavy atom. The fourth-order valence-electron chi connectivity index (χ4n) is 2.33. The van der Waals surface area contributed by atoms with Gasteiger partial charge in [-0.25, -0.2) is 4.98 Å². The number of nitrogens with zero attached hydrogens (tertiary/aromatic N) is 2. The third-order valence-corrected chi connectivity index (χ3v) is 6.81. The molecule has 118 valence electrons. The second-order valence-corrected chi connectivity index (χ2v) is 8.91. The molecule has 0 bridgehead atoms. The molecule has 1 saturated heterocycles. The standard InChI is InChI=1S/C12H10BrFN2O3S3/c13-8-1-2-20-11(8)9-5-21-12(15-9)16-4-7(3-10(16)17)6-22(14,18)19/h1-2,5,7H,3-4,6H2. The van der Waals surface area contributed by atoms with E-state index in [1.165, 1.54) is 27.6 Å². The van der Waals surface area contributed by atoms with Gasteiger partial charge in [0.05, 0.1) is 16.3 Å². The Bertz CT molecular complexity index is 817. The molecule has 1 atom stereocenters. The summed E-state index contributed by atoms with van der Waals surface area (Å²) in [7, 11) is -4.57. The Morgan fingerprint density at radius 1 is 1.45 bits per heavy atom. The average Bonchev–Trinajstić information content (AvgIpc) is 3.07. The Morgan fingerprint density at radius 3 is 2.86 bits per heavy atom. The van der Waals surface area contributed by atoms with Crippen LogP contribution in [0.4, 0.5) is 9.02 Å². The number of halogens is 2. The van der Waals surface area contributed by atoms with E-state index in [0.29, 0.717) is 5.13 Å². The van der Waals surface area contributed by atoms with Gasteiger partial charge in [-0.1, -0.05) is 0 Å². The quantitative estimate of drug-likeness (QED) is 0.706. The van der Waals surface area contributed by atoms with Gasteiger partial charge in [-0.15, -0.1) is 26.6 Å². The van der Waals surface area contributed by atoms with Crippen molar-refractivity contribution in [1.29, 1.82) is 0 Å². The van der Waals surface area contributed by atoms with Crippen LogP contribution in [0.15, 0.2) is 21.3 Å². The van der Waals surface area contributed by atoms with Crippen LogP contribution in [0, 0.1) is 5.92 Å². The molecule has 10 heteroatoms. The highest BCUT2D eigenvalue weighted by Gasteiger charge is 2.35. The molecule has 0 spiro atoms. The van der Waals surface area contributed by atoms with Crippen LogP contribution in [0.25, 0.3) is 10.6 Å². The molecule has 1 aliphatic heterocycles. The maximum atomic E-state index is 12.8. The Hall–Kier alpha value is -0.840. The summed E-state index contributed by atoms with van der Waals surface area (Å²) in [5, 5.41) is 4.29. The molecule has 2 aromatic heterocycles. The summed E-state index contributed by atoms with van der Waals surface area (Å²) < 4.78 is 35.1. The molecule has 0 N–H and O–H groups in total. The summed E-state index contributed by atoms with van der Waals surface area (Å²) in [4.78, 5) is 18.8. The minimum absolute atomic E-state index is 0.0285. The SMILES string of the molecule is O=C1CC(CS(=O)(=O)F)CN1c1nc(-c2sccc2Br)cs1. The topological polar surface area (TPSA) is 67.3 Å². The summed E-state index contributed by atoms with van der Waals surface area (Å²) in [6.07, 6.45) is 0.0285. The van der Waals surface area contributed by atoms with Crippen molar-refractivity contribution in [1.82, 2.24) is 4.98 Å². The second kappa shape index (κ2) is 5.99. The van der Waals surface area contributed by atoms with Crippen molar-refractivity contribution in [2.45, 2.75) is 6.42 Å². The molecule has 0 aromatic carbocycles. The fraction of sp³-hybridized carbons (Fsp3) is 0.333. The molecule has 1 fully saturated rings. The largest absolute Gasteiger partial charge is 0.302 e. The number of thiophene rings is 1. The minimum atomic E-state index is -4.57. The minimum Gasteiger partial charge on any atom is -0.288 e. The number of rotatable bonds is 4. The summed E-state index contributed by atoms with van der Waals surface area (Å²) in [5.74, 6) is -1.37. The number of carbonyl (C=O) groups is 1. The summed E-state index contributed by atoms with van der Waals surface area (Å²) in [6.45, 7) is 0.181. The van der Waals surface area contributed by atoms with Gasteiger partial charge in [-0.2, -0.15) is 8.42 Å². The van der Waals surface area contributed by atoms with E-state index in [-0.39, 0.29) is 18.9 Å². The first-order chi connectivity index (χ1) is 10.3. The van der Waals surface area contributed by atoms with Crippen LogP contribution >= 0.6 is 38.6 Å². The summed E-state index contributed by atoms with van der Waals surface area (Å²) in [5.41, 5.74) is 0.760. The van der Waals surface area contributed by atoms with E-state index in [1.54, 1.807) is 0 Å². The second-order valence-electron chi connectivity index (χ2n) is 4.89. The van der Waals surface area contributed by atoms with Crippen LogP contribution in [0.1, 0.15) is 6.42 Å².